The molecule has 1 aliphatic rings. The van der Waals surface area contributed by atoms with Crippen molar-refractivity contribution in [3.63, 3.8) is 0 Å². The maximum Gasteiger partial charge on any atom is 0.226 e. The molecule has 1 unspecified atom stereocenters. The average molecular weight is 226 g/mol. The lowest BCUT2D eigenvalue weighted by atomic mass is 10.0. The van der Waals surface area contributed by atoms with Crippen molar-refractivity contribution in [1.29, 1.82) is 0 Å². The summed E-state index contributed by atoms with van der Waals surface area (Å²) in [6, 6.07) is 0.481. The molecule has 1 amide bonds. The van der Waals surface area contributed by atoms with E-state index in [1.807, 2.05) is 25.9 Å². The third-order valence-corrected chi connectivity index (χ3v) is 3.65. The van der Waals surface area contributed by atoms with E-state index >= 15 is 0 Å². The van der Waals surface area contributed by atoms with Gasteiger partial charge in [0.15, 0.2) is 0 Å². The first-order valence-electron chi connectivity index (χ1n) is 6.58. The maximum absolute atomic E-state index is 12.1. The lowest BCUT2D eigenvalue weighted by Crippen LogP contribution is -2.42. The van der Waals surface area contributed by atoms with Crippen molar-refractivity contribution < 1.29 is 4.79 Å². The van der Waals surface area contributed by atoms with Crippen molar-refractivity contribution in [1.82, 2.24) is 10.2 Å². The monoisotopic (exact) mass is 226 g/mol. The Hall–Kier alpha value is -0.570. The molecule has 0 aromatic carbocycles. The summed E-state index contributed by atoms with van der Waals surface area (Å²) in [4.78, 5) is 14.1. The molecule has 0 heterocycles. The van der Waals surface area contributed by atoms with E-state index in [2.05, 4.69) is 5.32 Å². The van der Waals surface area contributed by atoms with Crippen LogP contribution in [0.5, 0.6) is 0 Å². The van der Waals surface area contributed by atoms with E-state index in [-0.39, 0.29) is 5.92 Å². The number of hydrogen-bond donors (Lipinski definition) is 1. The highest BCUT2D eigenvalue weighted by Gasteiger charge is 2.24. The van der Waals surface area contributed by atoms with Crippen LogP contribution in [0.4, 0.5) is 0 Å². The molecule has 1 aliphatic carbocycles. The van der Waals surface area contributed by atoms with E-state index in [0.717, 1.165) is 6.54 Å². The molecule has 1 fully saturated rings. The molecule has 1 rings (SSSR count). The third kappa shape index (κ3) is 3.78. The van der Waals surface area contributed by atoms with Gasteiger partial charge in [0.25, 0.3) is 0 Å². The lowest BCUT2D eigenvalue weighted by molar-refractivity contribution is -0.135. The van der Waals surface area contributed by atoms with Crippen LogP contribution in [0.15, 0.2) is 0 Å². The number of nitrogens with zero attached hydrogens (tertiary/aromatic N) is 1. The fourth-order valence-electron chi connectivity index (χ4n) is 2.57. The van der Waals surface area contributed by atoms with Crippen LogP contribution in [0.25, 0.3) is 0 Å². The van der Waals surface area contributed by atoms with Gasteiger partial charge in [-0.15, -0.1) is 0 Å². The third-order valence-electron chi connectivity index (χ3n) is 3.65. The zero-order valence-electron chi connectivity index (χ0n) is 11.0. The number of hydrogen-bond acceptors (Lipinski definition) is 2. The van der Waals surface area contributed by atoms with Gasteiger partial charge in [-0.25, -0.2) is 0 Å². The first kappa shape index (κ1) is 13.5. The molecule has 0 saturated heterocycles. The highest BCUT2D eigenvalue weighted by Crippen LogP contribution is 2.22. The van der Waals surface area contributed by atoms with Crippen molar-refractivity contribution in [3.05, 3.63) is 0 Å². The van der Waals surface area contributed by atoms with Crippen molar-refractivity contribution in [2.24, 2.45) is 5.92 Å². The summed E-state index contributed by atoms with van der Waals surface area (Å²) in [6.45, 7) is 2.78. The highest BCUT2D eigenvalue weighted by atomic mass is 16.2. The van der Waals surface area contributed by atoms with Crippen molar-refractivity contribution in [2.45, 2.75) is 51.5 Å². The van der Waals surface area contributed by atoms with Gasteiger partial charge in [-0.3, -0.25) is 4.79 Å². The molecular weight excluding hydrogens is 200 g/mol. The molecule has 94 valence electrons. The fourth-order valence-corrected chi connectivity index (χ4v) is 2.57. The largest absolute Gasteiger partial charge is 0.343 e. The summed E-state index contributed by atoms with van der Waals surface area (Å²) >= 11 is 0. The SMILES string of the molecule is CNCC(C)C(=O)N(C)C1CCCCCC1. The summed E-state index contributed by atoms with van der Waals surface area (Å²) in [7, 11) is 3.87. The highest BCUT2D eigenvalue weighted by molar-refractivity contribution is 5.78. The Balaban J connectivity index is 2.47. The molecular formula is C13H26N2O. The van der Waals surface area contributed by atoms with Gasteiger partial charge >= 0.3 is 0 Å². The summed E-state index contributed by atoms with van der Waals surface area (Å²) in [5, 5.41) is 3.07. The van der Waals surface area contributed by atoms with E-state index in [9.17, 15) is 4.79 Å². The van der Waals surface area contributed by atoms with E-state index in [0.29, 0.717) is 11.9 Å². The van der Waals surface area contributed by atoms with Gasteiger partial charge in [-0.1, -0.05) is 32.6 Å². The Morgan fingerprint density at radius 1 is 1.31 bits per heavy atom. The summed E-state index contributed by atoms with van der Waals surface area (Å²) in [6.07, 6.45) is 7.61. The molecule has 1 N–H and O–H groups in total. The number of amides is 1. The predicted octanol–water partition coefficient (Wildman–Crippen LogP) is 2.02. The van der Waals surface area contributed by atoms with Gasteiger partial charge in [0, 0.05) is 25.6 Å². The molecule has 1 saturated carbocycles. The minimum absolute atomic E-state index is 0.0956. The molecule has 0 spiro atoms. The molecule has 0 bridgehead atoms. The Bertz CT molecular complexity index is 210. The molecule has 16 heavy (non-hydrogen) atoms. The zero-order chi connectivity index (χ0) is 12.0. The van der Waals surface area contributed by atoms with Crippen molar-refractivity contribution in [2.75, 3.05) is 20.6 Å². The van der Waals surface area contributed by atoms with E-state index in [4.69, 9.17) is 0 Å². The number of nitrogens with one attached hydrogen (secondary N) is 1. The first-order valence-corrected chi connectivity index (χ1v) is 6.58. The van der Waals surface area contributed by atoms with Crippen LogP contribution < -0.4 is 5.32 Å². The molecule has 1 atom stereocenters. The van der Waals surface area contributed by atoms with Crippen LogP contribution in [0.3, 0.4) is 0 Å². The van der Waals surface area contributed by atoms with Crippen LogP contribution in [-0.2, 0) is 4.79 Å². The Kier molecular flexibility index (Phi) is 5.81. The van der Waals surface area contributed by atoms with Crippen molar-refractivity contribution >= 4 is 5.91 Å². The Morgan fingerprint density at radius 2 is 1.88 bits per heavy atom. The van der Waals surface area contributed by atoms with Gasteiger partial charge in [0.05, 0.1) is 0 Å². The topological polar surface area (TPSA) is 32.3 Å². The number of carbonyl (C=O) groups excluding carboxylic acids is 1. The number of carbonyl (C=O) groups is 1. The van der Waals surface area contributed by atoms with Gasteiger partial charge in [0.2, 0.25) is 5.91 Å². The lowest BCUT2D eigenvalue weighted by Gasteiger charge is -2.29. The summed E-state index contributed by atoms with van der Waals surface area (Å²) in [5.74, 6) is 0.388. The number of rotatable bonds is 4. The zero-order valence-corrected chi connectivity index (χ0v) is 11.0. The normalized spacial score (nSPS) is 20.2. The van der Waals surface area contributed by atoms with E-state index < -0.39 is 0 Å². The first-order chi connectivity index (χ1) is 7.66. The van der Waals surface area contributed by atoms with Crippen molar-refractivity contribution in [3.8, 4) is 0 Å². The van der Waals surface area contributed by atoms with Gasteiger partial charge in [-0.2, -0.15) is 0 Å². The minimum Gasteiger partial charge on any atom is -0.343 e. The minimum atomic E-state index is 0.0956. The second kappa shape index (κ2) is 6.89. The summed E-state index contributed by atoms with van der Waals surface area (Å²) in [5.41, 5.74) is 0. The molecule has 0 radical (unpaired) electrons. The molecule has 0 aromatic rings. The van der Waals surface area contributed by atoms with Crippen LogP contribution in [0.1, 0.15) is 45.4 Å². The quantitative estimate of drug-likeness (QED) is 0.744. The fraction of sp³-hybridized carbons (Fsp3) is 0.923. The second-order valence-electron chi connectivity index (χ2n) is 5.05. The van der Waals surface area contributed by atoms with Gasteiger partial charge < -0.3 is 10.2 Å². The van der Waals surface area contributed by atoms with E-state index in [1.54, 1.807) is 0 Å². The summed E-state index contributed by atoms with van der Waals surface area (Å²) < 4.78 is 0. The Labute approximate surface area is 99.6 Å². The smallest absolute Gasteiger partial charge is 0.226 e. The second-order valence-corrected chi connectivity index (χ2v) is 5.05. The Morgan fingerprint density at radius 3 is 2.38 bits per heavy atom. The molecule has 3 nitrogen and oxygen atoms in total. The van der Waals surface area contributed by atoms with Crippen LogP contribution in [0, 0.1) is 5.92 Å². The average Bonchev–Trinajstić information content (AvgIpc) is 2.56. The van der Waals surface area contributed by atoms with Crippen LogP contribution >= 0.6 is 0 Å². The molecule has 0 aliphatic heterocycles. The standard InChI is InChI=1S/C13H26N2O/c1-11(10-14-2)13(16)15(3)12-8-6-4-5-7-9-12/h11-12,14H,4-10H2,1-3H3. The molecule has 0 aromatic heterocycles. The van der Waals surface area contributed by atoms with E-state index in [1.165, 1.54) is 38.5 Å². The van der Waals surface area contributed by atoms with Gasteiger partial charge in [0.1, 0.15) is 0 Å². The predicted molar refractivity (Wildman–Crippen MR) is 67.4 cm³/mol. The van der Waals surface area contributed by atoms with Crippen LogP contribution in [0.2, 0.25) is 0 Å². The van der Waals surface area contributed by atoms with Crippen LogP contribution in [-0.4, -0.2) is 37.5 Å². The molecule has 3 heteroatoms. The van der Waals surface area contributed by atoms with Gasteiger partial charge in [-0.05, 0) is 19.9 Å². The maximum atomic E-state index is 12.1.